The van der Waals surface area contributed by atoms with E-state index < -0.39 is 0 Å². The summed E-state index contributed by atoms with van der Waals surface area (Å²) in [6.07, 6.45) is 1.99. The molecule has 1 aliphatic heterocycles. The molecule has 1 aromatic rings. The molecule has 4 heteroatoms. The molecule has 0 saturated carbocycles. The number of rotatable bonds is 6. The van der Waals surface area contributed by atoms with E-state index in [1.807, 2.05) is 13.0 Å². The molecule has 0 radical (unpaired) electrons. The van der Waals surface area contributed by atoms with Gasteiger partial charge in [-0.25, -0.2) is 0 Å². The van der Waals surface area contributed by atoms with Crippen LogP contribution in [0, 0.1) is 19.8 Å². The molecule has 0 spiro atoms. The van der Waals surface area contributed by atoms with Gasteiger partial charge in [0.05, 0.1) is 12.5 Å². The number of hydrogen-bond acceptors (Lipinski definition) is 4. The van der Waals surface area contributed by atoms with Crippen molar-refractivity contribution in [3.8, 4) is 5.75 Å². The van der Waals surface area contributed by atoms with Gasteiger partial charge in [-0.3, -0.25) is 9.69 Å². The van der Waals surface area contributed by atoms with Gasteiger partial charge in [0.2, 0.25) is 0 Å². The molecular weight excluding hydrogens is 278 g/mol. The smallest absolute Gasteiger partial charge is 0.310 e. The van der Waals surface area contributed by atoms with Crippen LogP contribution < -0.4 is 4.74 Å². The van der Waals surface area contributed by atoms with E-state index in [1.165, 1.54) is 11.1 Å². The monoisotopic (exact) mass is 305 g/mol. The molecule has 4 nitrogen and oxygen atoms in total. The second-order valence-electron chi connectivity index (χ2n) is 5.99. The highest BCUT2D eigenvalue weighted by atomic mass is 16.5. The lowest BCUT2D eigenvalue weighted by Crippen LogP contribution is -2.41. The SMILES string of the molecule is CCOC(=O)C1CCCN(CCOc2ccc(C)c(C)c2)C1. The summed E-state index contributed by atoms with van der Waals surface area (Å²) >= 11 is 0. The Kier molecular flexibility index (Phi) is 6.25. The predicted molar refractivity (Wildman–Crippen MR) is 87.2 cm³/mol. The van der Waals surface area contributed by atoms with Crippen LogP contribution in [0.5, 0.6) is 5.75 Å². The van der Waals surface area contributed by atoms with Crippen molar-refractivity contribution in [3.05, 3.63) is 29.3 Å². The quantitative estimate of drug-likeness (QED) is 0.758. The maximum atomic E-state index is 11.8. The Morgan fingerprint density at radius 1 is 1.32 bits per heavy atom. The molecule has 1 unspecified atom stereocenters. The van der Waals surface area contributed by atoms with Gasteiger partial charge >= 0.3 is 5.97 Å². The van der Waals surface area contributed by atoms with E-state index in [0.717, 1.165) is 38.2 Å². The molecule has 0 bridgehead atoms. The number of likely N-dealkylation sites (tertiary alicyclic amines) is 1. The topological polar surface area (TPSA) is 38.8 Å². The van der Waals surface area contributed by atoms with Gasteiger partial charge in [0, 0.05) is 13.1 Å². The van der Waals surface area contributed by atoms with Crippen LogP contribution in [0.1, 0.15) is 30.9 Å². The summed E-state index contributed by atoms with van der Waals surface area (Å²) in [6, 6.07) is 6.18. The molecule has 1 fully saturated rings. The lowest BCUT2D eigenvalue weighted by Gasteiger charge is -2.31. The molecule has 22 heavy (non-hydrogen) atoms. The molecule has 1 aliphatic rings. The molecule has 1 heterocycles. The molecule has 0 aromatic heterocycles. The average Bonchev–Trinajstić information content (AvgIpc) is 2.51. The van der Waals surface area contributed by atoms with Crippen molar-refractivity contribution in [1.29, 1.82) is 0 Å². The fourth-order valence-electron chi connectivity index (χ4n) is 2.81. The Hall–Kier alpha value is -1.55. The fraction of sp³-hybridized carbons (Fsp3) is 0.611. The summed E-state index contributed by atoms with van der Waals surface area (Å²) in [6.45, 7) is 9.84. The molecule has 1 atom stereocenters. The summed E-state index contributed by atoms with van der Waals surface area (Å²) in [5.74, 6) is 0.889. The molecule has 122 valence electrons. The maximum Gasteiger partial charge on any atom is 0.310 e. The van der Waals surface area contributed by atoms with Crippen LogP contribution in [0.15, 0.2) is 18.2 Å². The predicted octanol–water partition coefficient (Wildman–Crippen LogP) is 2.96. The fourth-order valence-corrected chi connectivity index (χ4v) is 2.81. The van der Waals surface area contributed by atoms with Gasteiger partial charge in [0.25, 0.3) is 0 Å². The summed E-state index contributed by atoms with van der Waals surface area (Å²) in [5.41, 5.74) is 2.53. The van der Waals surface area contributed by atoms with Crippen LogP contribution >= 0.6 is 0 Å². The molecule has 1 saturated heterocycles. The highest BCUT2D eigenvalue weighted by molar-refractivity contribution is 5.72. The van der Waals surface area contributed by atoms with Crippen molar-refractivity contribution in [3.63, 3.8) is 0 Å². The normalized spacial score (nSPS) is 19.0. The Labute approximate surface area is 133 Å². The minimum Gasteiger partial charge on any atom is -0.492 e. The highest BCUT2D eigenvalue weighted by Crippen LogP contribution is 2.19. The first-order valence-corrected chi connectivity index (χ1v) is 8.19. The summed E-state index contributed by atoms with van der Waals surface area (Å²) in [7, 11) is 0. The number of nitrogens with zero attached hydrogens (tertiary/aromatic N) is 1. The molecular formula is C18H27NO3. The van der Waals surface area contributed by atoms with Crippen LogP contribution in [0.3, 0.4) is 0 Å². The zero-order valence-corrected chi connectivity index (χ0v) is 13.9. The van der Waals surface area contributed by atoms with Gasteiger partial charge in [-0.2, -0.15) is 0 Å². The van der Waals surface area contributed by atoms with Crippen molar-refractivity contribution < 1.29 is 14.3 Å². The van der Waals surface area contributed by atoms with E-state index in [1.54, 1.807) is 0 Å². The third-order valence-electron chi connectivity index (χ3n) is 4.28. The molecule has 1 aromatic carbocycles. The number of aryl methyl sites for hydroxylation is 2. The van der Waals surface area contributed by atoms with E-state index in [0.29, 0.717) is 13.2 Å². The molecule has 0 aliphatic carbocycles. The lowest BCUT2D eigenvalue weighted by molar-refractivity contribution is -0.150. The zero-order chi connectivity index (χ0) is 15.9. The lowest BCUT2D eigenvalue weighted by atomic mass is 9.98. The van der Waals surface area contributed by atoms with Gasteiger partial charge < -0.3 is 9.47 Å². The Morgan fingerprint density at radius 3 is 2.86 bits per heavy atom. The van der Waals surface area contributed by atoms with Crippen LogP contribution in [0.2, 0.25) is 0 Å². The van der Waals surface area contributed by atoms with Crippen LogP contribution in [-0.4, -0.2) is 43.7 Å². The van der Waals surface area contributed by atoms with Crippen molar-refractivity contribution in [2.75, 3.05) is 32.8 Å². The zero-order valence-electron chi connectivity index (χ0n) is 13.9. The van der Waals surface area contributed by atoms with Crippen LogP contribution in [0.4, 0.5) is 0 Å². The standard InChI is InChI=1S/C18H27NO3/c1-4-21-18(20)16-6-5-9-19(13-16)10-11-22-17-8-7-14(2)15(3)12-17/h7-8,12,16H,4-6,9-11,13H2,1-3H3. The van der Waals surface area contributed by atoms with Crippen molar-refractivity contribution in [1.82, 2.24) is 4.90 Å². The van der Waals surface area contributed by atoms with E-state index in [4.69, 9.17) is 9.47 Å². The largest absolute Gasteiger partial charge is 0.492 e. The number of piperidine rings is 1. The van der Waals surface area contributed by atoms with Crippen LogP contribution in [0.25, 0.3) is 0 Å². The Morgan fingerprint density at radius 2 is 2.14 bits per heavy atom. The number of hydrogen-bond donors (Lipinski definition) is 0. The summed E-state index contributed by atoms with van der Waals surface area (Å²) < 4.78 is 11.0. The number of ether oxygens (including phenoxy) is 2. The van der Waals surface area contributed by atoms with E-state index in [2.05, 4.69) is 30.9 Å². The first-order chi connectivity index (χ1) is 10.6. The summed E-state index contributed by atoms with van der Waals surface area (Å²) in [4.78, 5) is 14.1. The Balaban J connectivity index is 1.76. The van der Waals surface area contributed by atoms with Crippen molar-refractivity contribution in [2.24, 2.45) is 5.92 Å². The first-order valence-electron chi connectivity index (χ1n) is 8.19. The maximum absolute atomic E-state index is 11.8. The van der Waals surface area contributed by atoms with E-state index in [-0.39, 0.29) is 11.9 Å². The third-order valence-corrected chi connectivity index (χ3v) is 4.28. The van der Waals surface area contributed by atoms with E-state index in [9.17, 15) is 4.79 Å². The number of carbonyl (C=O) groups excluding carboxylic acids is 1. The molecule has 2 rings (SSSR count). The van der Waals surface area contributed by atoms with Crippen molar-refractivity contribution in [2.45, 2.75) is 33.6 Å². The van der Waals surface area contributed by atoms with Crippen LogP contribution in [-0.2, 0) is 9.53 Å². The average molecular weight is 305 g/mol. The minimum absolute atomic E-state index is 0.0234. The third kappa shape index (κ3) is 4.73. The number of benzene rings is 1. The summed E-state index contributed by atoms with van der Waals surface area (Å²) in [5, 5.41) is 0. The second-order valence-corrected chi connectivity index (χ2v) is 5.99. The minimum atomic E-state index is -0.0534. The van der Waals surface area contributed by atoms with E-state index >= 15 is 0 Å². The Bertz CT molecular complexity index is 501. The van der Waals surface area contributed by atoms with Gasteiger partial charge in [0.1, 0.15) is 12.4 Å². The van der Waals surface area contributed by atoms with Gasteiger partial charge in [-0.05, 0) is 63.4 Å². The van der Waals surface area contributed by atoms with Crippen molar-refractivity contribution >= 4 is 5.97 Å². The molecule has 0 amide bonds. The van der Waals surface area contributed by atoms with Gasteiger partial charge in [-0.15, -0.1) is 0 Å². The van der Waals surface area contributed by atoms with Gasteiger partial charge in [0.15, 0.2) is 0 Å². The first kappa shape index (κ1) is 16.8. The number of esters is 1. The highest BCUT2D eigenvalue weighted by Gasteiger charge is 2.26. The van der Waals surface area contributed by atoms with Gasteiger partial charge in [-0.1, -0.05) is 6.07 Å². The second kappa shape index (κ2) is 8.18. The number of carbonyl (C=O) groups is 1. The molecule has 0 N–H and O–H groups in total.